The van der Waals surface area contributed by atoms with Gasteiger partial charge in [-0.25, -0.2) is 13.4 Å². The number of pyridine rings is 1. The maximum atomic E-state index is 12.8. The highest BCUT2D eigenvalue weighted by Gasteiger charge is 2.49. The summed E-state index contributed by atoms with van der Waals surface area (Å²) in [7, 11) is -6.32. The number of hydrogen-bond acceptors (Lipinski definition) is 6. The highest BCUT2D eigenvalue weighted by atomic mass is 32.2. The van der Waals surface area contributed by atoms with Crippen molar-refractivity contribution in [3.63, 3.8) is 0 Å². The number of aromatic nitrogens is 1. The molecule has 1 aromatic heterocycles. The monoisotopic (exact) mass is 603 g/mol. The lowest BCUT2D eigenvalue weighted by molar-refractivity contribution is -0.142. The molecule has 3 aromatic carbocycles. The van der Waals surface area contributed by atoms with Gasteiger partial charge in [-0.1, -0.05) is 118 Å². The van der Waals surface area contributed by atoms with Crippen LogP contribution in [0.25, 0.3) is 0 Å². The van der Waals surface area contributed by atoms with Gasteiger partial charge in [0.25, 0.3) is 8.32 Å². The summed E-state index contributed by atoms with van der Waals surface area (Å²) in [4.78, 5) is 3.98. The molecule has 0 amide bonds. The third-order valence-corrected chi connectivity index (χ3v) is 13.6. The molecule has 0 aliphatic carbocycles. The van der Waals surface area contributed by atoms with E-state index in [1.54, 1.807) is 12.1 Å². The van der Waals surface area contributed by atoms with E-state index in [1.807, 2.05) is 42.5 Å². The fourth-order valence-electron chi connectivity index (χ4n) is 5.14. The normalized spacial score (nSPS) is 13.1. The zero-order valence-corrected chi connectivity index (χ0v) is 26.5. The number of sulfone groups is 1. The van der Waals surface area contributed by atoms with Gasteiger partial charge in [0.2, 0.25) is 9.84 Å². The van der Waals surface area contributed by atoms with Crippen LogP contribution in [0.1, 0.15) is 45.6 Å². The molecule has 0 bridgehead atoms. The average Bonchev–Trinajstić information content (AvgIpc) is 3.01. The van der Waals surface area contributed by atoms with Gasteiger partial charge in [-0.05, 0) is 52.4 Å². The second-order valence-electron chi connectivity index (χ2n) is 11.3. The summed E-state index contributed by atoms with van der Waals surface area (Å²) < 4.78 is 44.5. The second kappa shape index (κ2) is 14.8. The van der Waals surface area contributed by atoms with Crippen molar-refractivity contribution in [2.24, 2.45) is 0 Å². The Morgan fingerprint density at radius 2 is 1.31 bits per heavy atom. The molecule has 0 spiro atoms. The molecule has 0 radical (unpaired) electrons. The Morgan fingerprint density at radius 1 is 0.738 bits per heavy atom. The van der Waals surface area contributed by atoms with Crippen LogP contribution < -0.4 is 10.4 Å². The van der Waals surface area contributed by atoms with Crippen molar-refractivity contribution >= 4 is 28.5 Å². The fourth-order valence-corrected chi connectivity index (χ4v) is 10.7. The van der Waals surface area contributed by atoms with Gasteiger partial charge in [-0.3, -0.25) is 0 Å². The van der Waals surface area contributed by atoms with Crippen LogP contribution in [0.2, 0.25) is 5.04 Å². The van der Waals surface area contributed by atoms with Crippen molar-refractivity contribution in [1.29, 1.82) is 0 Å². The summed E-state index contributed by atoms with van der Waals surface area (Å²) >= 11 is 0. The molecule has 222 valence electrons. The average molecular weight is 604 g/mol. The molecule has 0 saturated carbocycles. The molecule has 6 nitrogen and oxygen atoms in total. The van der Waals surface area contributed by atoms with Crippen LogP contribution in [0.15, 0.2) is 120 Å². The molecule has 1 heterocycles. The Kier molecular flexibility index (Phi) is 11.2. The molecule has 0 aliphatic rings. The van der Waals surface area contributed by atoms with E-state index in [2.05, 4.69) is 74.3 Å². The molecule has 1 unspecified atom stereocenters. The minimum atomic E-state index is -3.70. The van der Waals surface area contributed by atoms with Crippen molar-refractivity contribution in [3.05, 3.63) is 121 Å². The molecule has 42 heavy (non-hydrogen) atoms. The molecular formula is C34H41NO5SSi. The van der Waals surface area contributed by atoms with E-state index in [1.165, 1.54) is 22.6 Å². The predicted octanol–water partition coefficient (Wildman–Crippen LogP) is 6.12. The number of benzene rings is 3. The van der Waals surface area contributed by atoms with Crippen LogP contribution in [0.3, 0.4) is 0 Å². The summed E-state index contributed by atoms with van der Waals surface area (Å²) in [5.74, 6) is -0.498. The first-order valence-corrected chi connectivity index (χ1v) is 17.9. The number of hydrogen-bond donors (Lipinski definition) is 0. The van der Waals surface area contributed by atoms with Gasteiger partial charge in [0.15, 0.2) is 17.3 Å². The van der Waals surface area contributed by atoms with Crippen molar-refractivity contribution < 1.29 is 22.3 Å². The van der Waals surface area contributed by atoms with Crippen LogP contribution in [-0.2, 0) is 30.3 Å². The molecule has 4 rings (SSSR count). The lowest BCUT2D eigenvalue weighted by Crippen LogP contribution is -2.66. The maximum Gasteiger partial charge on any atom is 0.261 e. The Bertz CT molecular complexity index is 1410. The Labute approximate surface area is 251 Å². The van der Waals surface area contributed by atoms with Crippen LogP contribution in [-0.4, -0.2) is 40.6 Å². The van der Waals surface area contributed by atoms with Gasteiger partial charge in [-0.15, -0.1) is 0 Å². The van der Waals surface area contributed by atoms with E-state index in [9.17, 15) is 8.42 Å². The highest BCUT2D eigenvalue weighted by molar-refractivity contribution is 7.91. The van der Waals surface area contributed by atoms with E-state index < -0.39 is 30.4 Å². The van der Waals surface area contributed by atoms with Crippen LogP contribution in [0.5, 0.6) is 0 Å². The van der Waals surface area contributed by atoms with Crippen molar-refractivity contribution in [3.8, 4) is 0 Å². The van der Waals surface area contributed by atoms with Crippen molar-refractivity contribution in [2.75, 3.05) is 12.5 Å². The Hall–Kier alpha value is -3.14. The fraction of sp³-hybridized carbons (Fsp3) is 0.324. The minimum absolute atomic E-state index is 0.00879. The molecule has 0 fully saturated rings. The Balaban J connectivity index is 1.43. The largest absolute Gasteiger partial charge is 0.407 e. The zero-order chi connectivity index (χ0) is 29.9. The van der Waals surface area contributed by atoms with E-state index in [-0.39, 0.29) is 10.1 Å². The molecule has 4 aromatic rings. The molecule has 0 N–H and O–H groups in total. The van der Waals surface area contributed by atoms with Crippen LogP contribution in [0, 0.1) is 0 Å². The lowest BCUT2D eigenvalue weighted by atomic mass is 10.2. The Morgan fingerprint density at radius 3 is 1.86 bits per heavy atom. The number of nitrogens with zero attached hydrogens (tertiary/aromatic N) is 1. The zero-order valence-electron chi connectivity index (χ0n) is 24.7. The quantitative estimate of drug-likeness (QED) is 0.0926. The van der Waals surface area contributed by atoms with E-state index >= 15 is 0 Å². The number of rotatable bonds is 15. The lowest BCUT2D eigenvalue weighted by Gasteiger charge is -2.43. The third kappa shape index (κ3) is 8.24. The first-order chi connectivity index (χ1) is 20.2. The van der Waals surface area contributed by atoms with Gasteiger partial charge in [0.1, 0.15) is 0 Å². The molecule has 0 saturated heterocycles. The van der Waals surface area contributed by atoms with E-state index in [0.29, 0.717) is 19.6 Å². The van der Waals surface area contributed by atoms with Gasteiger partial charge >= 0.3 is 0 Å². The first kappa shape index (κ1) is 31.8. The van der Waals surface area contributed by atoms with Gasteiger partial charge in [-0.2, -0.15) is 0 Å². The van der Waals surface area contributed by atoms with Gasteiger partial charge in [0.05, 0.1) is 6.61 Å². The van der Waals surface area contributed by atoms with Crippen molar-refractivity contribution in [1.82, 2.24) is 4.98 Å². The van der Waals surface area contributed by atoms with E-state index in [4.69, 9.17) is 13.9 Å². The SMILES string of the molecule is CC(C)(C)[Si](OCCCCC(OCc1ccccc1)OCS(=O)(=O)c1ccccn1)(c1ccccc1)c1ccccc1. The van der Waals surface area contributed by atoms with Crippen LogP contribution >= 0.6 is 0 Å². The standard InChI is InChI=1S/C34H41NO5SSi/c1-34(2,3)42(30-19-9-5-10-20-30,31-21-11-6-12-22-31)40-26-16-14-24-33(38-27-29-17-7-4-8-18-29)39-28-41(36,37)32-23-13-15-25-35-32/h4-13,15,17-23,25,33H,14,16,24,26-28H2,1-3H3. The maximum absolute atomic E-state index is 12.8. The molecule has 0 aliphatic heterocycles. The summed E-state index contributed by atoms with van der Waals surface area (Å²) in [6.07, 6.45) is 2.85. The summed E-state index contributed by atoms with van der Waals surface area (Å²) in [5, 5.41) is 2.39. The van der Waals surface area contributed by atoms with Crippen molar-refractivity contribution in [2.45, 2.75) is 63.0 Å². The third-order valence-electron chi connectivity index (χ3n) is 7.21. The first-order valence-electron chi connectivity index (χ1n) is 14.4. The molecule has 8 heteroatoms. The topological polar surface area (TPSA) is 74.7 Å². The van der Waals surface area contributed by atoms with E-state index in [0.717, 1.165) is 18.4 Å². The number of ether oxygens (including phenoxy) is 2. The molecule has 1 atom stereocenters. The van der Waals surface area contributed by atoms with Gasteiger partial charge in [0, 0.05) is 12.8 Å². The summed E-state index contributed by atoms with van der Waals surface area (Å²) in [5.41, 5.74) is 0.994. The molecular weight excluding hydrogens is 563 g/mol. The predicted molar refractivity (Wildman–Crippen MR) is 170 cm³/mol. The smallest absolute Gasteiger partial charge is 0.261 e. The second-order valence-corrected chi connectivity index (χ2v) is 17.5. The van der Waals surface area contributed by atoms with Gasteiger partial charge < -0.3 is 13.9 Å². The summed E-state index contributed by atoms with van der Waals surface area (Å²) in [6.45, 7) is 7.70. The summed E-state index contributed by atoms with van der Waals surface area (Å²) in [6, 6.07) is 35.8. The minimum Gasteiger partial charge on any atom is -0.407 e. The number of unbranched alkanes of at least 4 members (excludes halogenated alkanes) is 1. The highest BCUT2D eigenvalue weighted by Crippen LogP contribution is 2.36. The van der Waals surface area contributed by atoms with Crippen LogP contribution in [0.4, 0.5) is 0 Å².